The van der Waals surface area contributed by atoms with E-state index in [1.807, 2.05) is 19.9 Å². The standard InChI is InChI=1S/C16H24O3/c1-12(2)16(17,11-18-3)8-6-13-4-5-15-14(10-13)7-9-19-15/h4-5,10,12,17H,6-9,11H2,1-3H3. The lowest BCUT2D eigenvalue weighted by atomic mass is 9.85. The predicted molar refractivity (Wildman–Crippen MR) is 75.6 cm³/mol. The third kappa shape index (κ3) is 3.28. The van der Waals surface area contributed by atoms with Gasteiger partial charge in [0.05, 0.1) is 18.8 Å². The molecule has 19 heavy (non-hydrogen) atoms. The Morgan fingerprint density at radius 3 is 2.89 bits per heavy atom. The fourth-order valence-corrected chi connectivity index (χ4v) is 2.53. The normalized spacial score (nSPS) is 17.1. The van der Waals surface area contributed by atoms with E-state index in [1.165, 1.54) is 11.1 Å². The molecular formula is C16H24O3. The maximum Gasteiger partial charge on any atom is 0.122 e. The summed E-state index contributed by atoms with van der Waals surface area (Å²) >= 11 is 0. The van der Waals surface area contributed by atoms with Gasteiger partial charge in [-0.15, -0.1) is 0 Å². The third-order valence-electron chi connectivity index (χ3n) is 4.07. The molecule has 1 atom stereocenters. The quantitative estimate of drug-likeness (QED) is 0.858. The first-order chi connectivity index (χ1) is 9.05. The molecule has 1 N–H and O–H groups in total. The fourth-order valence-electron chi connectivity index (χ4n) is 2.53. The van der Waals surface area contributed by atoms with Gasteiger partial charge >= 0.3 is 0 Å². The Morgan fingerprint density at radius 1 is 1.42 bits per heavy atom. The second-order valence-corrected chi connectivity index (χ2v) is 5.73. The zero-order chi connectivity index (χ0) is 13.9. The molecule has 0 aromatic heterocycles. The number of rotatable bonds is 6. The molecule has 0 aliphatic carbocycles. The average molecular weight is 264 g/mol. The molecule has 1 unspecified atom stereocenters. The second-order valence-electron chi connectivity index (χ2n) is 5.73. The third-order valence-corrected chi connectivity index (χ3v) is 4.07. The van der Waals surface area contributed by atoms with Crippen molar-refractivity contribution >= 4 is 0 Å². The van der Waals surface area contributed by atoms with Crippen molar-refractivity contribution in [1.29, 1.82) is 0 Å². The van der Waals surface area contributed by atoms with Gasteiger partial charge in [-0.05, 0) is 36.0 Å². The number of hydrogen-bond acceptors (Lipinski definition) is 3. The minimum absolute atomic E-state index is 0.185. The van der Waals surface area contributed by atoms with Crippen LogP contribution in [0.2, 0.25) is 0 Å². The minimum atomic E-state index is -0.746. The molecule has 1 aromatic rings. The van der Waals surface area contributed by atoms with Crippen molar-refractivity contribution in [3.8, 4) is 5.75 Å². The van der Waals surface area contributed by atoms with E-state index < -0.39 is 5.60 Å². The molecule has 1 aromatic carbocycles. The molecule has 3 nitrogen and oxygen atoms in total. The number of aliphatic hydroxyl groups is 1. The van der Waals surface area contributed by atoms with Crippen LogP contribution in [0, 0.1) is 5.92 Å². The molecule has 0 saturated carbocycles. The van der Waals surface area contributed by atoms with E-state index in [1.54, 1.807) is 7.11 Å². The summed E-state index contributed by atoms with van der Waals surface area (Å²) in [5, 5.41) is 10.6. The van der Waals surface area contributed by atoms with E-state index in [2.05, 4.69) is 12.1 Å². The van der Waals surface area contributed by atoms with Crippen LogP contribution in [-0.4, -0.2) is 31.0 Å². The minimum Gasteiger partial charge on any atom is -0.493 e. The summed E-state index contributed by atoms with van der Waals surface area (Å²) in [5.41, 5.74) is 1.81. The Balaban J connectivity index is 2.01. The Hall–Kier alpha value is -1.06. The van der Waals surface area contributed by atoms with Crippen molar-refractivity contribution in [1.82, 2.24) is 0 Å². The summed E-state index contributed by atoms with van der Waals surface area (Å²) in [4.78, 5) is 0. The number of aryl methyl sites for hydroxylation is 1. The number of fused-ring (bicyclic) bond motifs is 1. The summed E-state index contributed by atoms with van der Waals surface area (Å²) in [5.74, 6) is 1.20. The summed E-state index contributed by atoms with van der Waals surface area (Å²) in [6.07, 6.45) is 2.58. The monoisotopic (exact) mass is 264 g/mol. The van der Waals surface area contributed by atoms with Crippen molar-refractivity contribution in [2.75, 3.05) is 20.3 Å². The van der Waals surface area contributed by atoms with Crippen LogP contribution >= 0.6 is 0 Å². The highest BCUT2D eigenvalue weighted by molar-refractivity contribution is 5.39. The Labute approximate surface area is 115 Å². The van der Waals surface area contributed by atoms with Gasteiger partial charge in [0, 0.05) is 13.5 Å². The zero-order valence-corrected chi connectivity index (χ0v) is 12.1. The lowest BCUT2D eigenvalue weighted by Crippen LogP contribution is -2.40. The SMILES string of the molecule is COCC(O)(CCc1ccc2c(c1)CCO2)C(C)C. The first-order valence-electron chi connectivity index (χ1n) is 7.01. The number of methoxy groups -OCH3 is 1. The van der Waals surface area contributed by atoms with Gasteiger partial charge in [0.15, 0.2) is 0 Å². The molecule has 1 aliphatic rings. The number of benzene rings is 1. The first-order valence-corrected chi connectivity index (χ1v) is 7.01. The van der Waals surface area contributed by atoms with E-state index in [-0.39, 0.29) is 5.92 Å². The number of ether oxygens (including phenoxy) is 2. The van der Waals surface area contributed by atoms with Crippen LogP contribution in [0.4, 0.5) is 0 Å². The van der Waals surface area contributed by atoms with Crippen LogP contribution in [0.5, 0.6) is 5.75 Å². The van der Waals surface area contributed by atoms with Gasteiger partial charge in [-0.2, -0.15) is 0 Å². The molecule has 2 rings (SSSR count). The van der Waals surface area contributed by atoms with Crippen LogP contribution in [0.25, 0.3) is 0 Å². The molecule has 0 radical (unpaired) electrons. The largest absolute Gasteiger partial charge is 0.493 e. The molecule has 1 heterocycles. The maximum absolute atomic E-state index is 10.6. The summed E-state index contributed by atoms with van der Waals surface area (Å²) in [6.45, 7) is 5.25. The maximum atomic E-state index is 10.6. The van der Waals surface area contributed by atoms with Gasteiger partial charge in [-0.3, -0.25) is 0 Å². The highest BCUT2D eigenvalue weighted by Crippen LogP contribution is 2.28. The average Bonchev–Trinajstić information content (AvgIpc) is 2.84. The molecule has 0 amide bonds. The van der Waals surface area contributed by atoms with Crippen LogP contribution in [-0.2, 0) is 17.6 Å². The summed E-state index contributed by atoms with van der Waals surface area (Å²) in [6, 6.07) is 6.34. The van der Waals surface area contributed by atoms with E-state index >= 15 is 0 Å². The molecule has 0 saturated heterocycles. The van der Waals surface area contributed by atoms with Crippen molar-refractivity contribution < 1.29 is 14.6 Å². The smallest absolute Gasteiger partial charge is 0.122 e. The van der Waals surface area contributed by atoms with E-state index in [0.29, 0.717) is 6.61 Å². The van der Waals surface area contributed by atoms with Gasteiger partial charge in [0.1, 0.15) is 5.75 Å². The van der Waals surface area contributed by atoms with Crippen LogP contribution in [0.3, 0.4) is 0 Å². The van der Waals surface area contributed by atoms with Crippen molar-refractivity contribution in [2.24, 2.45) is 5.92 Å². The summed E-state index contributed by atoms with van der Waals surface area (Å²) < 4.78 is 10.7. The zero-order valence-electron chi connectivity index (χ0n) is 12.1. The van der Waals surface area contributed by atoms with E-state index in [4.69, 9.17) is 9.47 Å². The lowest BCUT2D eigenvalue weighted by molar-refractivity contribution is -0.0696. The van der Waals surface area contributed by atoms with Gasteiger partial charge in [0.25, 0.3) is 0 Å². The van der Waals surface area contributed by atoms with Crippen LogP contribution in [0.15, 0.2) is 18.2 Å². The number of hydrogen-bond donors (Lipinski definition) is 1. The summed E-state index contributed by atoms with van der Waals surface area (Å²) in [7, 11) is 1.64. The molecule has 106 valence electrons. The lowest BCUT2D eigenvalue weighted by Gasteiger charge is -2.31. The Kier molecular flexibility index (Phi) is 4.48. The fraction of sp³-hybridized carbons (Fsp3) is 0.625. The van der Waals surface area contributed by atoms with Gasteiger partial charge in [0.2, 0.25) is 0 Å². The Bertz CT molecular complexity index is 428. The van der Waals surface area contributed by atoms with E-state index in [9.17, 15) is 5.11 Å². The molecule has 0 fully saturated rings. The molecular weight excluding hydrogens is 240 g/mol. The van der Waals surface area contributed by atoms with Crippen LogP contribution < -0.4 is 4.74 Å². The van der Waals surface area contributed by atoms with Crippen molar-refractivity contribution in [3.63, 3.8) is 0 Å². The second kappa shape index (κ2) is 5.93. The topological polar surface area (TPSA) is 38.7 Å². The van der Waals surface area contributed by atoms with Gasteiger partial charge in [-0.25, -0.2) is 0 Å². The Morgan fingerprint density at radius 2 is 2.21 bits per heavy atom. The first kappa shape index (κ1) is 14.4. The van der Waals surface area contributed by atoms with Crippen molar-refractivity contribution in [2.45, 2.75) is 38.7 Å². The van der Waals surface area contributed by atoms with Gasteiger partial charge in [-0.1, -0.05) is 26.0 Å². The molecule has 0 spiro atoms. The highest BCUT2D eigenvalue weighted by Gasteiger charge is 2.30. The molecule has 0 bridgehead atoms. The van der Waals surface area contributed by atoms with Gasteiger partial charge < -0.3 is 14.6 Å². The molecule has 3 heteroatoms. The highest BCUT2D eigenvalue weighted by atomic mass is 16.5. The van der Waals surface area contributed by atoms with Crippen molar-refractivity contribution in [3.05, 3.63) is 29.3 Å². The molecule has 1 aliphatic heterocycles. The predicted octanol–water partition coefficient (Wildman–Crippen LogP) is 2.59. The van der Waals surface area contributed by atoms with E-state index in [0.717, 1.165) is 31.6 Å². The van der Waals surface area contributed by atoms with Crippen LogP contribution in [0.1, 0.15) is 31.4 Å².